The van der Waals surface area contributed by atoms with E-state index in [1.165, 1.54) is 6.92 Å². The van der Waals surface area contributed by atoms with E-state index in [9.17, 15) is 4.79 Å². The first-order valence-corrected chi connectivity index (χ1v) is 5.19. The molecule has 1 amide bonds. The van der Waals surface area contributed by atoms with Crippen LogP contribution in [0.5, 0.6) is 0 Å². The van der Waals surface area contributed by atoms with Gasteiger partial charge in [0.15, 0.2) is 0 Å². The summed E-state index contributed by atoms with van der Waals surface area (Å²) in [5.74, 6) is -0.0499. The topological polar surface area (TPSA) is 55.1 Å². The number of nitrogens with one attached hydrogen (secondary N) is 1. The van der Waals surface area contributed by atoms with Crippen LogP contribution in [0, 0.1) is 6.92 Å². The maximum Gasteiger partial charge on any atom is 0.221 e. The maximum atomic E-state index is 11.1. The molecule has 1 aromatic carbocycles. The Bertz CT molecular complexity index is 408. The van der Waals surface area contributed by atoms with Crippen molar-refractivity contribution < 1.29 is 4.79 Å². The third-order valence-corrected chi connectivity index (χ3v) is 2.87. The summed E-state index contributed by atoms with van der Waals surface area (Å²) in [5, 5.41) is 2.84. The SMILES string of the molecule is CC(=O)Nc1cccc(C)c1C1(N)CC1. The zero-order valence-corrected chi connectivity index (χ0v) is 9.13. The molecule has 2 rings (SSSR count). The van der Waals surface area contributed by atoms with Gasteiger partial charge in [-0.2, -0.15) is 0 Å². The highest BCUT2D eigenvalue weighted by atomic mass is 16.1. The second kappa shape index (κ2) is 3.35. The van der Waals surface area contributed by atoms with E-state index in [-0.39, 0.29) is 11.4 Å². The van der Waals surface area contributed by atoms with Gasteiger partial charge < -0.3 is 11.1 Å². The maximum absolute atomic E-state index is 11.1. The molecule has 3 heteroatoms. The molecule has 0 unspecified atom stereocenters. The molecule has 0 aliphatic heterocycles. The van der Waals surface area contributed by atoms with Crippen molar-refractivity contribution >= 4 is 11.6 Å². The molecule has 0 saturated heterocycles. The summed E-state index contributed by atoms with van der Waals surface area (Å²) >= 11 is 0. The Hall–Kier alpha value is -1.35. The lowest BCUT2D eigenvalue weighted by atomic mass is 9.97. The van der Waals surface area contributed by atoms with Crippen LogP contribution in [-0.2, 0) is 10.3 Å². The van der Waals surface area contributed by atoms with Crippen LogP contribution in [0.4, 0.5) is 5.69 Å². The average Bonchev–Trinajstić information content (AvgIpc) is 2.83. The second-order valence-corrected chi connectivity index (χ2v) is 4.33. The summed E-state index contributed by atoms with van der Waals surface area (Å²) in [6.07, 6.45) is 2.01. The molecule has 0 heterocycles. The van der Waals surface area contributed by atoms with Crippen LogP contribution in [0.15, 0.2) is 18.2 Å². The van der Waals surface area contributed by atoms with Crippen LogP contribution in [0.25, 0.3) is 0 Å². The monoisotopic (exact) mass is 204 g/mol. The number of nitrogens with two attached hydrogens (primary N) is 1. The van der Waals surface area contributed by atoms with Gasteiger partial charge in [-0.15, -0.1) is 0 Å². The van der Waals surface area contributed by atoms with Crippen LogP contribution in [0.2, 0.25) is 0 Å². The number of carbonyl (C=O) groups excluding carboxylic acids is 1. The second-order valence-electron chi connectivity index (χ2n) is 4.33. The molecule has 0 bridgehead atoms. The number of benzene rings is 1. The molecule has 1 aliphatic carbocycles. The van der Waals surface area contributed by atoms with Crippen LogP contribution < -0.4 is 11.1 Å². The zero-order valence-electron chi connectivity index (χ0n) is 9.13. The lowest BCUT2D eigenvalue weighted by Gasteiger charge is -2.18. The standard InChI is InChI=1S/C12H16N2O/c1-8-4-3-5-10(14-9(2)15)11(8)12(13)6-7-12/h3-5H,6-7,13H2,1-2H3,(H,14,15). The first kappa shape index (κ1) is 10.2. The minimum atomic E-state index is -0.205. The molecule has 80 valence electrons. The van der Waals surface area contributed by atoms with Crippen molar-refractivity contribution in [1.29, 1.82) is 0 Å². The smallest absolute Gasteiger partial charge is 0.221 e. The molecule has 15 heavy (non-hydrogen) atoms. The third kappa shape index (κ3) is 1.88. The van der Waals surface area contributed by atoms with Crippen LogP contribution in [0.3, 0.4) is 0 Å². The lowest BCUT2D eigenvalue weighted by molar-refractivity contribution is -0.114. The number of hydrogen-bond donors (Lipinski definition) is 2. The van der Waals surface area contributed by atoms with Crippen molar-refractivity contribution in [3.05, 3.63) is 29.3 Å². The lowest BCUT2D eigenvalue weighted by Crippen LogP contribution is -2.23. The van der Waals surface area contributed by atoms with E-state index in [4.69, 9.17) is 5.73 Å². The normalized spacial score (nSPS) is 17.3. The van der Waals surface area contributed by atoms with E-state index < -0.39 is 0 Å². The molecular weight excluding hydrogens is 188 g/mol. The molecule has 1 aromatic rings. The van der Waals surface area contributed by atoms with Crippen LogP contribution in [-0.4, -0.2) is 5.91 Å². The summed E-state index contributed by atoms with van der Waals surface area (Å²) in [7, 11) is 0. The van der Waals surface area contributed by atoms with Gasteiger partial charge in [-0.05, 0) is 37.0 Å². The Morgan fingerprint density at radius 3 is 2.67 bits per heavy atom. The van der Waals surface area contributed by atoms with Crippen molar-refractivity contribution in [2.24, 2.45) is 5.73 Å². The Balaban J connectivity index is 2.44. The van der Waals surface area contributed by atoms with E-state index in [1.807, 2.05) is 25.1 Å². The van der Waals surface area contributed by atoms with E-state index >= 15 is 0 Å². The number of aryl methyl sites for hydroxylation is 1. The fraction of sp³-hybridized carbons (Fsp3) is 0.417. The van der Waals surface area contributed by atoms with E-state index in [1.54, 1.807) is 0 Å². The van der Waals surface area contributed by atoms with Gasteiger partial charge in [0.05, 0.1) is 0 Å². The number of rotatable bonds is 2. The molecule has 1 saturated carbocycles. The quantitative estimate of drug-likeness (QED) is 0.773. The van der Waals surface area contributed by atoms with Crippen molar-refractivity contribution in [2.45, 2.75) is 32.2 Å². The highest BCUT2D eigenvalue weighted by molar-refractivity contribution is 5.90. The summed E-state index contributed by atoms with van der Waals surface area (Å²) in [5.41, 5.74) is 9.10. The molecule has 1 aliphatic rings. The van der Waals surface area contributed by atoms with E-state index in [0.29, 0.717) is 0 Å². The van der Waals surface area contributed by atoms with Gasteiger partial charge in [0.25, 0.3) is 0 Å². The highest BCUT2D eigenvalue weighted by Gasteiger charge is 2.42. The van der Waals surface area contributed by atoms with Crippen LogP contribution >= 0.6 is 0 Å². The van der Waals surface area contributed by atoms with Crippen molar-refractivity contribution in [1.82, 2.24) is 0 Å². The van der Waals surface area contributed by atoms with Gasteiger partial charge in [-0.25, -0.2) is 0 Å². The average molecular weight is 204 g/mol. The Morgan fingerprint density at radius 1 is 1.47 bits per heavy atom. The summed E-state index contributed by atoms with van der Waals surface area (Å²) in [6.45, 7) is 3.55. The fourth-order valence-corrected chi connectivity index (χ4v) is 2.01. The Morgan fingerprint density at radius 2 is 2.13 bits per heavy atom. The molecule has 1 fully saturated rings. The molecule has 0 aromatic heterocycles. The van der Waals surface area contributed by atoms with Gasteiger partial charge in [0.1, 0.15) is 0 Å². The van der Waals surface area contributed by atoms with Gasteiger partial charge >= 0.3 is 0 Å². The Labute approximate surface area is 89.7 Å². The van der Waals surface area contributed by atoms with Crippen molar-refractivity contribution in [3.63, 3.8) is 0 Å². The number of hydrogen-bond acceptors (Lipinski definition) is 2. The van der Waals surface area contributed by atoms with Crippen molar-refractivity contribution in [3.8, 4) is 0 Å². The van der Waals surface area contributed by atoms with Gasteiger partial charge in [-0.1, -0.05) is 12.1 Å². The van der Waals surface area contributed by atoms with E-state index in [0.717, 1.165) is 29.7 Å². The highest BCUT2D eigenvalue weighted by Crippen LogP contribution is 2.47. The van der Waals surface area contributed by atoms with Gasteiger partial charge in [0.2, 0.25) is 5.91 Å². The zero-order chi connectivity index (χ0) is 11.1. The first-order chi connectivity index (χ1) is 7.03. The molecule has 0 spiro atoms. The largest absolute Gasteiger partial charge is 0.326 e. The summed E-state index contributed by atoms with van der Waals surface area (Å²) in [6, 6.07) is 5.89. The third-order valence-electron chi connectivity index (χ3n) is 2.87. The fourth-order valence-electron chi connectivity index (χ4n) is 2.01. The minimum absolute atomic E-state index is 0.0499. The van der Waals surface area contributed by atoms with E-state index in [2.05, 4.69) is 5.32 Å². The predicted octanol–water partition coefficient (Wildman–Crippen LogP) is 1.90. The predicted molar refractivity (Wildman–Crippen MR) is 60.6 cm³/mol. The number of carbonyl (C=O) groups is 1. The number of anilines is 1. The first-order valence-electron chi connectivity index (χ1n) is 5.19. The molecule has 0 radical (unpaired) electrons. The van der Waals surface area contributed by atoms with Gasteiger partial charge in [-0.3, -0.25) is 4.79 Å². The Kier molecular flexibility index (Phi) is 2.27. The van der Waals surface area contributed by atoms with Crippen molar-refractivity contribution in [2.75, 3.05) is 5.32 Å². The number of amides is 1. The molecule has 0 atom stereocenters. The van der Waals surface area contributed by atoms with Crippen LogP contribution in [0.1, 0.15) is 30.9 Å². The van der Waals surface area contributed by atoms with Gasteiger partial charge in [0, 0.05) is 18.2 Å². The minimum Gasteiger partial charge on any atom is -0.326 e. The summed E-state index contributed by atoms with van der Waals surface area (Å²) < 4.78 is 0. The molecular formula is C12H16N2O. The summed E-state index contributed by atoms with van der Waals surface area (Å²) in [4.78, 5) is 11.1. The molecule has 3 N–H and O–H groups in total. The molecule has 3 nitrogen and oxygen atoms in total.